The van der Waals surface area contributed by atoms with Gasteiger partial charge in [-0.3, -0.25) is 4.79 Å². The number of rotatable bonds is 17. The van der Waals surface area contributed by atoms with Crippen molar-refractivity contribution in [2.24, 2.45) is 0 Å². The number of aromatic carboxylic acids is 1. The summed E-state index contributed by atoms with van der Waals surface area (Å²) in [7, 11) is -4.14. The molecular weight excluding hydrogens is 661 g/mol. The van der Waals surface area contributed by atoms with Gasteiger partial charge in [0, 0.05) is 5.69 Å². The average molecular weight is 705 g/mol. The third-order valence-electron chi connectivity index (χ3n) is 8.88. The van der Waals surface area contributed by atoms with Gasteiger partial charge < -0.3 is 15.1 Å². The van der Waals surface area contributed by atoms with E-state index < -0.39 is 34.2 Å². The Balaban J connectivity index is 1.37. The Labute approximate surface area is 300 Å². The SMILES string of the molecule is CCCCCCCc1ccc(CN(C(=O)CNS(=O)(=O)c2ccc(-c3ccccc3)c(Cc3ccccc3)c2)c2ccc(O)c(C(=O)O)c2)cc1. The highest BCUT2D eigenvalue weighted by molar-refractivity contribution is 7.89. The fourth-order valence-electron chi connectivity index (χ4n) is 6.05. The van der Waals surface area contributed by atoms with Crippen molar-refractivity contribution in [2.45, 2.75) is 63.3 Å². The number of nitrogens with zero attached hydrogens (tertiary/aromatic N) is 1. The number of carbonyl (C=O) groups excluding carboxylic acids is 1. The van der Waals surface area contributed by atoms with Crippen LogP contribution >= 0.6 is 0 Å². The van der Waals surface area contributed by atoms with Crippen molar-refractivity contribution in [3.05, 3.63) is 149 Å². The topological polar surface area (TPSA) is 124 Å². The molecule has 5 rings (SSSR count). The number of sulfonamides is 1. The number of aryl methyl sites for hydroxylation is 1. The molecule has 5 aromatic carbocycles. The van der Waals surface area contributed by atoms with Crippen LogP contribution in [-0.4, -0.2) is 37.1 Å². The number of unbranched alkanes of at least 4 members (excludes halogenated alkanes) is 4. The first-order chi connectivity index (χ1) is 24.6. The van der Waals surface area contributed by atoms with Crippen molar-refractivity contribution < 1.29 is 28.2 Å². The average Bonchev–Trinajstić information content (AvgIpc) is 3.14. The van der Waals surface area contributed by atoms with Gasteiger partial charge in [0.15, 0.2) is 0 Å². The van der Waals surface area contributed by atoms with E-state index in [2.05, 4.69) is 11.6 Å². The Kier molecular flexibility index (Phi) is 12.8. The van der Waals surface area contributed by atoms with Gasteiger partial charge in [0.05, 0.1) is 18.0 Å². The highest BCUT2D eigenvalue weighted by atomic mass is 32.2. The van der Waals surface area contributed by atoms with E-state index >= 15 is 0 Å². The number of benzene rings is 5. The van der Waals surface area contributed by atoms with Crippen LogP contribution in [-0.2, 0) is 34.2 Å². The van der Waals surface area contributed by atoms with E-state index in [1.807, 2.05) is 84.9 Å². The molecule has 0 spiro atoms. The molecule has 0 saturated carbocycles. The lowest BCUT2D eigenvalue weighted by Gasteiger charge is -2.24. The van der Waals surface area contributed by atoms with E-state index in [0.717, 1.165) is 40.7 Å². The number of carboxylic acids is 1. The smallest absolute Gasteiger partial charge is 0.339 e. The predicted molar refractivity (Wildman–Crippen MR) is 201 cm³/mol. The van der Waals surface area contributed by atoms with Crippen LogP contribution in [0, 0.1) is 0 Å². The van der Waals surface area contributed by atoms with Crippen LogP contribution in [0.25, 0.3) is 11.1 Å². The maximum absolute atomic E-state index is 13.8. The molecule has 0 aromatic heterocycles. The summed E-state index contributed by atoms with van der Waals surface area (Å²) in [4.78, 5) is 27.0. The number of anilines is 1. The molecule has 0 atom stereocenters. The number of carboxylic acid groups (broad SMARTS) is 1. The van der Waals surface area contributed by atoms with Gasteiger partial charge in [-0.2, -0.15) is 0 Å². The summed E-state index contributed by atoms with van der Waals surface area (Å²) in [6.07, 6.45) is 7.37. The molecule has 0 fully saturated rings. The van der Waals surface area contributed by atoms with Crippen molar-refractivity contribution in [2.75, 3.05) is 11.4 Å². The van der Waals surface area contributed by atoms with Crippen LogP contribution in [0.1, 0.15) is 71.6 Å². The van der Waals surface area contributed by atoms with Gasteiger partial charge in [0.2, 0.25) is 15.9 Å². The van der Waals surface area contributed by atoms with Crippen molar-refractivity contribution in [3.63, 3.8) is 0 Å². The minimum atomic E-state index is -4.14. The first-order valence-corrected chi connectivity index (χ1v) is 18.8. The maximum atomic E-state index is 13.8. The molecule has 0 aliphatic rings. The van der Waals surface area contributed by atoms with E-state index in [9.17, 15) is 28.2 Å². The molecule has 0 saturated heterocycles. The van der Waals surface area contributed by atoms with E-state index in [0.29, 0.717) is 6.42 Å². The zero-order chi connectivity index (χ0) is 36.2. The van der Waals surface area contributed by atoms with E-state index in [-0.39, 0.29) is 22.7 Å². The molecule has 264 valence electrons. The van der Waals surface area contributed by atoms with Gasteiger partial charge in [-0.1, -0.05) is 124 Å². The van der Waals surface area contributed by atoms with E-state index in [1.54, 1.807) is 12.1 Å². The van der Waals surface area contributed by atoms with Gasteiger partial charge in [-0.25, -0.2) is 17.9 Å². The highest BCUT2D eigenvalue weighted by Crippen LogP contribution is 2.29. The van der Waals surface area contributed by atoms with Crippen LogP contribution in [0.3, 0.4) is 0 Å². The lowest BCUT2D eigenvalue weighted by Crippen LogP contribution is -2.40. The number of aromatic hydroxyl groups is 1. The molecule has 51 heavy (non-hydrogen) atoms. The quantitative estimate of drug-likeness (QED) is 0.0836. The minimum absolute atomic E-state index is 0.0237. The first kappa shape index (κ1) is 37.0. The van der Waals surface area contributed by atoms with Crippen molar-refractivity contribution in [1.82, 2.24) is 4.72 Å². The van der Waals surface area contributed by atoms with Crippen LogP contribution in [0.5, 0.6) is 5.75 Å². The Morgan fingerprint density at radius 3 is 2.08 bits per heavy atom. The summed E-state index contributed by atoms with van der Waals surface area (Å²) in [5.41, 5.74) is 5.53. The molecule has 1 amide bonds. The monoisotopic (exact) mass is 704 g/mol. The van der Waals surface area contributed by atoms with Crippen molar-refractivity contribution in [3.8, 4) is 16.9 Å². The molecule has 0 radical (unpaired) electrons. The molecular formula is C42H44N2O6S. The molecule has 0 aliphatic carbocycles. The number of hydrogen-bond donors (Lipinski definition) is 3. The lowest BCUT2D eigenvalue weighted by atomic mass is 9.95. The molecule has 0 heterocycles. The number of nitrogens with one attached hydrogen (secondary N) is 1. The van der Waals surface area contributed by atoms with Crippen molar-refractivity contribution >= 4 is 27.6 Å². The van der Waals surface area contributed by atoms with Crippen molar-refractivity contribution in [1.29, 1.82) is 0 Å². The van der Waals surface area contributed by atoms with E-state index in [4.69, 9.17) is 0 Å². The second-order valence-corrected chi connectivity index (χ2v) is 14.4. The molecule has 0 unspecified atom stereocenters. The fourth-order valence-corrected chi connectivity index (χ4v) is 7.07. The lowest BCUT2D eigenvalue weighted by molar-refractivity contribution is -0.117. The summed E-state index contributed by atoms with van der Waals surface area (Å²) in [5, 5.41) is 19.8. The second-order valence-electron chi connectivity index (χ2n) is 12.6. The van der Waals surface area contributed by atoms with Crippen LogP contribution in [0.4, 0.5) is 5.69 Å². The van der Waals surface area contributed by atoms with Gasteiger partial charge >= 0.3 is 5.97 Å². The number of amides is 1. The summed E-state index contributed by atoms with van der Waals surface area (Å²) >= 11 is 0. The van der Waals surface area contributed by atoms with Gasteiger partial charge in [-0.05, 0) is 83.0 Å². The van der Waals surface area contributed by atoms with Crippen LogP contribution in [0.15, 0.2) is 126 Å². The highest BCUT2D eigenvalue weighted by Gasteiger charge is 2.23. The largest absolute Gasteiger partial charge is 0.507 e. The third-order valence-corrected chi connectivity index (χ3v) is 10.3. The third kappa shape index (κ3) is 10.2. The Morgan fingerprint density at radius 1 is 0.725 bits per heavy atom. The maximum Gasteiger partial charge on any atom is 0.339 e. The standard InChI is InChI=1S/C42H44N2O6S/c1-2-3-4-5-8-13-31-18-20-33(21-19-31)30-44(36-22-25-40(45)39(28-36)42(47)48)41(46)29-43-51(49,50)37-23-24-38(34-16-11-7-12-17-34)35(27-37)26-32-14-9-6-10-15-32/h6-7,9-12,14-25,27-28,43,45H,2-5,8,13,26,29-30H2,1H3,(H,47,48). The zero-order valence-corrected chi connectivity index (χ0v) is 29.6. The normalized spacial score (nSPS) is 11.3. The van der Waals surface area contributed by atoms with E-state index in [1.165, 1.54) is 60.4 Å². The predicted octanol–water partition coefficient (Wildman–Crippen LogP) is 8.37. The second kappa shape index (κ2) is 17.6. The molecule has 8 nitrogen and oxygen atoms in total. The Bertz CT molecular complexity index is 2030. The molecule has 0 aliphatic heterocycles. The summed E-state index contributed by atoms with van der Waals surface area (Å²) in [6.45, 7) is 1.68. The summed E-state index contributed by atoms with van der Waals surface area (Å²) < 4.78 is 29.8. The molecule has 5 aromatic rings. The van der Waals surface area contributed by atoms with Crippen LogP contribution < -0.4 is 9.62 Å². The summed E-state index contributed by atoms with van der Waals surface area (Å²) in [6, 6.07) is 36.3. The number of hydrogen-bond acceptors (Lipinski definition) is 5. The molecule has 9 heteroatoms. The Morgan fingerprint density at radius 2 is 1.39 bits per heavy atom. The summed E-state index contributed by atoms with van der Waals surface area (Å²) in [5.74, 6) is -2.38. The minimum Gasteiger partial charge on any atom is -0.507 e. The molecule has 0 bridgehead atoms. The molecule has 3 N–H and O–H groups in total. The van der Waals surface area contributed by atoms with Gasteiger partial charge in [-0.15, -0.1) is 0 Å². The fraction of sp³-hybridized carbons (Fsp3) is 0.238. The number of carbonyl (C=O) groups is 2. The number of phenols is 1. The zero-order valence-electron chi connectivity index (χ0n) is 28.8. The van der Waals surface area contributed by atoms with Gasteiger partial charge in [0.25, 0.3) is 0 Å². The van der Waals surface area contributed by atoms with Crippen LogP contribution in [0.2, 0.25) is 0 Å². The first-order valence-electron chi connectivity index (χ1n) is 17.3. The van der Waals surface area contributed by atoms with Gasteiger partial charge in [0.1, 0.15) is 11.3 Å². The Hall–Kier alpha value is -5.25.